The van der Waals surface area contributed by atoms with E-state index in [-0.39, 0.29) is 18.2 Å². The van der Waals surface area contributed by atoms with E-state index >= 15 is 0 Å². The Kier molecular flexibility index (Phi) is 7.44. The topological polar surface area (TPSA) is 93.5 Å². The molecule has 33 heavy (non-hydrogen) atoms. The van der Waals surface area contributed by atoms with Crippen LogP contribution in [-0.4, -0.2) is 67.0 Å². The number of hydrogen-bond donors (Lipinski definition) is 1. The number of rotatable bonds is 8. The fourth-order valence-corrected chi connectivity index (χ4v) is 5.05. The van der Waals surface area contributed by atoms with Crippen LogP contribution in [0, 0.1) is 0 Å². The number of carbonyl (C=O) groups excluding carboxylic acids is 1. The van der Waals surface area contributed by atoms with E-state index in [9.17, 15) is 13.2 Å². The Hall–Kier alpha value is -2.72. The van der Waals surface area contributed by atoms with E-state index in [0.717, 1.165) is 11.1 Å². The largest absolute Gasteiger partial charge is 0.379 e. The average Bonchev–Trinajstić information content (AvgIpc) is 3.24. The molecule has 1 fully saturated rings. The van der Waals surface area contributed by atoms with Crippen LogP contribution in [0.4, 0.5) is 0 Å². The van der Waals surface area contributed by atoms with Crippen LogP contribution in [0.1, 0.15) is 15.9 Å². The lowest BCUT2D eigenvalue weighted by Crippen LogP contribution is -2.43. The van der Waals surface area contributed by atoms with Gasteiger partial charge in [-0.05, 0) is 17.7 Å². The minimum Gasteiger partial charge on any atom is -0.379 e. The van der Waals surface area contributed by atoms with Gasteiger partial charge in [0.25, 0.3) is 5.91 Å². The van der Waals surface area contributed by atoms with Gasteiger partial charge in [0.1, 0.15) is 5.69 Å². The second-order valence-corrected chi connectivity index (χ2v) is 10.2. The molecule has 0 unspecified atom stereocenters. The van der Waals surface area contributed by atoms with Crippen LogP contribution in [0.5, 0.6) is 0 Å². The zero-order chi connectivity index (χ0) is 23.3. The first-order valence-electron chi connectivity index (χ1n) is 10.6. The minimum absolute atomic E-state index is 0.00243. The van der Waals surface area contributed by atoms with Gasteiger partial charge in [0, 0.05) is 36.4 Å². The average molecular weight is 489 g/mol. The van der Waals surface area contributed by atoms with Crippen LogP contribution in [-0.2, 0) is 21.3 Å². The highest BCUT2D eigenvalue weighted by atomic mass is 35.5. The number of ether oxygens (including phenoxy) is 1. The molecule has 1 aliphatic heterocycles. The molecule has 0 radical (unpaired) electrons. The summed E-state index contributed by atoms with van der Waals surface area (Å²) in [6.07, 6.45) is 1.68. The van der Waals surface area contributed by atoms with Gasteiger partial charge in [-0.25, -0.2) is 8.42 Å². The van der Waals surface area contributed by atoms with Gasteiger partial charge in [0.2, 0.25) is 10.0 Å². The summed E-state index contributed by atoms with van der Waals surface area (Å²) < 4.78 is 33.4. The summed E-state index contributed by atoms with van der Waals surface area (Å²) in [7, 11) is -3.46. The molecule has 1 N–H and O–H groups in total. The van der Waals surface area contributed by atoms with Crippen molar-refractivity contribution in [1.29, 1.82) is 0 Å². The standard InChI is InChI=1S/C23H25ClN4O4S/c24-20-8-6-19(7-9-20)22-21(17-27(26-22)16-18-4-2-1-3-5-18)23(29)25-10-15-33(30,31)28-11-13-32-14-12-28/h1-9,17H,10-16H2,(H,25,29). The molecule has 4 rings (SSSR count). The van der Waals surface area contributed by atoms with Crippen LogP contribution >= 0.6 is 11.6 Å². The number of halogens is 1. The molecule has 2 heterocycles. The van der Waals surface area contributed by atoms with E-state index in [1.54, 1.807) is 35.1 Å². The molecule has 1 aromatic heterocycles. The highest BCUT2D eigenvalue weighted by Gasteiger charge is 2.25. The van der Waals surface area contributed by atoms with Crippen LogP contribution in [0.3, 0.4) is 0 Å². The molecule has 8 nitrogen and oxygen atoms in total. The number of nitrogens with zero attached hydrogens (tertiary/aromatic N) is 3. The zero-order valence-electron chi connectivity index (χ0n) is 18.0. The molecule has 2 aromatic carbocycles. The Bertz CT molecular complexity index is 1190. The predicted molar refractivity (Wildman–Crippen MR) is 127 cm³/mol. The van der Waals surface area contributed by atoms with Crippen molar-refractivity contribution in [2.45, 2.75) is 6.54 Å². The smallest absolute Gasteiger partial charge is 0.255 e. The van der Waals surface area contributed by atoms with Gasteiger partial charge in [0.15, 0.2) is 0 Å². The van der Waals surface area contributed by atoms with E-state index in [2.05, 4.69) is 10.4 Å². The highest BCUT2D eigenvalue weighted by molar-refractivity contribution is 7.89. The summed E-state index contributed by atoms with van der Waals surface area (Å²) in [6.45, 7) is 1.95. The molecule has 1 aliphatic rings. The lowest BCUT2D eigenvalue weighted by Gasteiger charge is -2.26. The number of aromatic nitrogens is 2. The third-order valence-corrected chi connectivity index (χ3v) is 7.44. The summed E-state index contributed by atoms with van der Waals surface area (Å²) >= 11 is 6.02. The second-order valence-electron chi connectivity index (χ2n) is 7.66. The maximum atomic E-state index is 13.0. The molecule has 1 amide bonds. The van der Waals surface area contributed by atoms with Crippen molar-refractivity contribution < 1.29 is 17.9 Å². The number of benzene rings is 2. The second kappa shape index (κ2) is 10.5. The van der Waals surface area contributed by atoms with Crippen molar-refractivity contribution in [1.82, 2.24) is 19.4 Å². The molecule has 0 bridgehead atoms. The van der Waals surface area contributed by atoms with Crippen molar-refractivity contribution in [2.24, 2.45) is 0 Å². The maximum Gasteiger partial charge on any atom is 0.255 e. The van der Waals surface area contributed by atoms with Crippen LogP contribution in [0.25, 0.3) is 11.3 Å². The van der Waals surface area contributed by atoms with E-state index < -0.39 is 10.0 Å². The van der Waals surface area contributed by atoms with Crippen molar-refractivity contribution in [2.75, 3.05) is 38.6 Å². The number of sulfonamides is 1. The zero-order valence-corrected chi connectivity index (χ0v) is 19.6. The molecule has 1 saturated heterocycles. The number of nitrogens with one attached hydrogen (secondary N) is 1. The van der Waals surface area contributed by atoms with E-state index in [1.807, 2.05) is 30.3 Å². The Labute approximate surface area is 198 Å². The van der Waals surface area contributed by atoms with E-state index in [0.29, 0.717) is 49.1 Å². The fraction of sp³-hybridized carbons (Fsp3) is 0.304. The Morgan fingerprint density at radius 1 is 1.06 bits per heavy atom. The van der Waals surface area contributed by atoms with Gasteiger partial charge in [0.05, 0.1) is 31.1 Å². The van der Waals surface area contributed by atoms with Crippen LogP contribution < -0.4 is 5.32 Å². The molecular formula is C23H25ClN4O4S. The van der Waals surface area contributed by atoms with E-state index in [4.69, 9.17) is 16.3 Å². The van der Waals surface area contributed by atoms with Gasteiger partial charge in [-0.1, -0.05) is 54.1 Å². The van der Waals surface area contributed by atoms with Crippen LogP contribution in [0.15, 0.2) is 60.8 Å². The summed E-state index contributed by atoms with van der Waals surface area (Å²) in [5, 5.41) is 7.95. The van der Waals surface area contributed by atoms with Crippen molar-refractivity contribution in [3.63, 3.8) is 0 Å². The first-order valence-corrected chi connectivity index (χ1v) is 12.6. The Balaban J connectivity index is 1.50. The Morgan fingerprint density at radius 2 is 1.76 bits per heavy atom. The molecule has 0 aliphatic carbocycles. The molecule has 0 spiro atoms. The monoisotopic (exact) mass is 488 g/mol. The number of hydrogen-bond acceptors (Lipinski definition) is 5. The van der Waals surface area contributed by atoms with Crippen LogP contribution in [0.2, 0.25) is 5.02 Å². The molecule has 3 aromatic rings. The quantitative estimate of drug-likeness (QED) is 0.526. The number of carbonyl (C=O) groups is 1. The summed E-state index contributed by atoms with van der Waals surface area (Å²) in [5.41, 5.74) is 2.68. The number of amides is 1. The molecule has 10 heteroatoms. The summed E-state index contributed by atoms with van der Waals surface area (Å²) in [6, 6.07) is 16.9. The first kappa shape index (κ1) is 23.4. The maximum absolute atomic E-state index is 13.0. The van der Waals surface area contributed by atoms with Gasteiger partial charge >= 0.3 is 0 Å². The van der Waals surface area contributed by atoms with Crippen molar-refractivity contribution >= 4 is 27.5 Å². The van der Waals surface area contributed by atoms with Gasteiger partial charge in [-0.2, -0.15) is 9.40 Å². The van der Waals surface area contributed by atoms with Gasteiger partial charge < -0.3 is 10.1 Å². The third-order valence-electron chi connectivity index (χ3n) is 5.32. The molecule has 0 atom stereocenters. The molecule has 0 saturated carbocycles. The van der Waals surface area contributed by atoms with E-state index in [1.165, 1.54) is 4.31 Å². The van der Waals surface area contributed by atoms with Gasteiger partial charge in [-0.3, -0.25) is 9.48 Å². The molecule has 174 valence electrons. The molecular weight excluding hydrogens is 464 g/mol. The minimum atomic E-state index is -3.46. The lowest BCUT2D eigenvalue weighted by molar-refractivity contribution is 0.0730. The summed E-state index contributed by atoms with van der Waals surface area (Å²) in [5.74, 6) is -0.552. The first-order chi connectivity index (χ1) is 15.9. The predicted octanol–water partition coefficient (Wildman–Crippen LogP) is 2.64. The fourth-order valence-electron chi connectivity index (χ4n) is 3.60. The lowest BCUT2D eigenvalue weighted by atomic mass is 10.1. The van der Waals surface area contributed by atoms with Crippen molar-refractivity contribution in [3.8, 4) is 11.3 Å². The Morgan fingerprint density at radius 3 is 2.45 bits per heavy atom. The van der Waals surface area contributed by atoms with Crippen molar-refractivity contribution in [3.05, 3.63) is 76.9 Å². The van der Waals surface area contributed by atoms with Gasteiger partial charge in [-0.15, -0.1) is 0 Å². The highest BCUT2D eigenvalue weighted by Crippen LogP contribution is 2.24. The third kappa shape index (κ3) is 6.00. The summed E-state index contributed by atoms with van der Waals surface area (Å²) in [4.78, 5) is 13.0. The number of morpholine rings is 1. The normalized spacial score (nSPS) is 14.8. The SMILES string of the molecule is O=C(NCCS(=O)(=O)N1CCOCC1)c1cn(Cc2ccccc2)nc1-c1ccc(Cl)cc1.